The van der Waals surface area contributed by atoms with Gasteiger partial charge in [-0.05, 0) is 12.1 Å². The number of carbonyl (C=O) groups is 1. The maximum atomic E-state index is 11.7. The van der Waals surface area contributed by atoms with Crippen molar-refractivity contribution in [3.8, 4) is 0 Å². The molecule has 1 amide bonds. The highest BCUT2D eigenvalue weighted by molar-refractivity contribution is 5.94. The van der Waals surface area contributed by atoms with Crippen molar-refractivity contribution >= 4 is 11.7 Å². The molecule has 21 heavy (non-hydrogen) atoms. The number of ether oxygens (including phenoxy) is 1. The lowest BCUT2D eigenvalue weighted by molar-refractivity contribution is 0.0398. The van der Waals surface area contributed by atoms with E-state index < -0.39 is 0 Å². The summed E-state index contributed by atoms with van der Waals surface area (Å²) in [6, 6.07) is 3.59. The maximum Gasteiger partial charge on any atom is 0.253 e. The van der Waals surface area contributed by atoms with Crippen LogP contribution >= 0.6 is 0 Å². The molecule has 1 fully saturated rings. The summed E-state index contributed by atoms with van der Waals surface area (Å²) >= 11 is 0. The van der Waals surface area contributed by atoms with Crippen molar-refractivity contribution in [1.29, 1.82) is 0 Å². The minimum absolute atomic E-state index is 0.137. The molecule has 0 atom stereocenters. The van der Waals surface area contributed by atoms with Gasteiger partial charge in [-0.1, -0.05) is 6.08 Å². The molecular formula is C15H22N4O2. The zero-order chi connectivity index (χ0) is 14.9. The molecule has 2 heterocycles. The molecule has 1 aromatic rings. The molecule has 2 rings (SSSR count). The van der Waals surface area contributed by atoms with Crippen LogP contribution in [0.15, 0.2) is 31.0 Å². The molecule has 0 aromatic carbocycles. The Balaban J connectivity index is 1.74. The Morgan fingerprint density at radius 3 is 2.90 bits per heavy atom. The molecular weight excluding hydrogens is 268 g/mol. The number of carbonyl (C=O) groups excluding carboxylic acids is 1. The van der Waals surface area contributed by atoms with Crippen LogP contribution < -0.4 is 10.6 Å². The standard InChI is InChI=1S/C15H22N4O2/c1-2-5-17-15(20)13-3-4-14(18-12-13)16-6-7-19-8-10-21-11-9-19/h2-4,12H,1,5-11H2,(H,16,18)(H,17,20). The predicted molar refractivity (Wildman–Crippen MR) is 82.5 cm³/mol. The van der Waals surface area contributed by atoms with E-state index >= 15 is 0 Å². The second-order valence-electron chi connectivity index (χ2n) is 4.81. The van der Waals surface area contributed by atoms with Crippen molar-refractivity contribution in [2.24, 2.45) is 0 Å². The average Bonchev–Trinajstić information content (AvgIpc) is 2.54. The molecule has 0 aliphatic carbocycles. The van der Waals surface area contributed by atoms with Gasteiger partial charge in [0.05, 0.1) is 18.8 Å². The van der Waals surface area contributed by atoms with E-state index in [4.69, 9.17) is 4.74 Å². The van der Waals surface area contributed by atoms with Gasteiger partial charge in [0.2, 0.25) is 0 Å². The highest BCUT2D eigenvalue weighted by Gasteiger charge is 2.09. The van der Waals surface area contributed by atoms with E-state index in [2.05, 4.69) is 27.1 Å². The Labute approximate surface area is 125 Å². The van der Waals surface area contributed by atoms with Crippen LogP contribution in [0.25, 0.3) is 0 Å². The fraction of sp³-hybridized carbons (Fsp3) is 0.467. The second-order valence-corrected chi connectivity index (χ2v) is 4.81. The topological polar surface area (TPSA) is 66.5 Å². The summed E-state index contributed by atoms with van der Waals surface area (Å²) in [5.41, 5.74) is 0.551. The number of nitrogens with zero attached hydrogens (tertiary/aromatic N) is 2. The first-order valence-electron chi connectivity index (χ1n) is 7.18. The van der Waals surface area contributed by atoms with E-state index in [1.54, 1.807) is 18.3 Å². The van der Waals surface area contributed by atoms with Crippen molar-refractivity contribution in [1.82, 2.24) is 15.2 Å². The maximum absolute atomic E-state index is 11.7. The first-order chi connectivity index (χ1) is 10.3. The number of rotatable bonds is 7. The minimum atomic E-state index is -0.137. The second kappa shape index (κ2) is 8.39. The highest BCUT2D eigenvalue weighted by atomic mass is 16.5. The molecule has 114 valence electrons. The molecule has 0 unspecified atom stereocenters. The van der Waals surface area contributed by atoms with Gasteiger partial charge in [0.25, 0.3) is 5.91 Å². The molecule has 0 bridgehead atoms. The van der Waals surface area contributed by atoms with Gasteiger partial charge < -0.3 is 15.4 Å². The summed E-state index contributed by atoms with van der Waals surface area (Å²) < 4.78 is 5.31. The van der Waals surface area contributed by atoms with E-state index in [1.165, 1.54) is 0 Å². The highest BCUT2D eigenvalue weighted by Crippen LogP contribution is 2.05. The van der Waals surface area contributed by atoms with E-state index in [9.17, 15) is 4.79 Å². The zero-order valence-corrected chi connectivity index (χ0v) is 12.2. The summed E-state index contributed by atoms with van der Waals surface area (Å²) in [6.07, 6.45) is 3.22. The van der Waals surface area contributed by atoms with Crippen LogP contribution in [0.2, 0.25) is 0 Å². The van der Waals surface area contributed by atoms with Gasteiger partial charge in [-0.3, -0.25) is 9.69 Å². The molecule has 0 spiro atoms. The summed E-state index contributed by atoms with van der Waals surface area (Å²) in [6.45, 7) is 9.40. The van der Waals surface area contributed by atoms with Gasteiger partial charge in [-0.25, -0.2) is 4.98 Å². The third-order valence-electron chi connectivity index (χ3n) is 3.27. The van der Waals surface area contributed by atoms with E-state index in [0.29, 0.717) is 12.1 Å². The lowest BCUT2D eigenvalue weighted by Gasteiger charge is -2.26. The molecule has 1 aliphatic rings. The molecule has 0 radical (unpaired) electrons. The monoisotopic (exact) mass is 290 g/mol. The largest absolute Gasteiger partial charge is 0.379 e. The number of hydrogen-bond donors (Lipinski definition) is 2. The molecule has 0 saturated carbocycles. The average molecular weight is 290 g/mol. The SMILES string of the molecule is C=CCNC(=O)c1ccc(NCCN2CCOCC2)nc1. The summed E-state index contributed by atoms with van der Waals surface area (Å²) in [5.74, 6) is 0.644. The number of aromatic nitrogens is 1. The van der Waals surface area contributed by atoms with E-state index in [-0.39, 0.29) is 5.91 Å². The number of anilines is 1. The quantitative estimate of drug-likeness (QED) is 0.725. The van der Waals surface area contributed by atoms with Crippen LogP contribution in [0.4, 0.5) is 5.82 Å². The molecule has 1 aromatic heterocycles. The van der Waals surface area contributed by atoms with Gasteiger partial charge in [0.15, 0.2) is 0 Å². The summed E-state index contributed by atoms with van der Waals surface area (Å²) in [4.78, 5) is 18.3. The lowest BCUT2D eigenvalue weighted by Crippen LogP contribution is -2.39. The molecule has 1 saturated heterocycles. The van der Waals surface area contributed by atoms with Crippen LogP contribution in [-0.4, -0.2) is 61.7 Å². The first-order valence-corrected chi connectivity index (χ1v) is 7.18. The Kier molecular flexibility index (Phi) is 6.18. The van der Waals surface area contributed by atoms with Crippen molar-refractivity contribution in [2.75, 3.05) is 51.3 Å². The Hall–Kier alpha value is -1.92. The Morgan fingerprint density at radius 2 is 2.24 bits per heavy atom. The van der Waals surface area contributed by atoms with Gasteiger partial charge in [-0.2, -0.15) is 0 Å². The van der Waals surface area contributed by atoms with Crippen molar-refractivity contribution in [3.63, 3.8) is 0 Å². The van der Waals surface area contributed by atoms with Crippen LogP contribution in [-0.2, 0) is 4.74 Å². The van der Waals surface area contributed by atoms with Crippen molar-refractivity contribution < 1.29 is 9.53 Å². The van der Waals surface area contributed by atoms with E-state index in [0.717, 1.165) is 45.2 Å². The van der Waals surface area contributed by atoms with Crippen LogP contribution in [0.5, 0.6) is 0 Å². The number of pyridine rings is 1. The number of hydrogen-bond acceptors (Lipinski definition) is 5. The van der Waals surface area contributed by atoms with Crippen molar-refractivity contribution in [3.05, 3.63) is 36.5 Å². The number of amides is 1. The first kappa shape index (κ1) is 15.5. The van der Waals surface area contributed by atoms with Gasteiger partial charge >= 0.3 is 0 Å². The Bertz CT molecular complexity index is 455. The Morgan fingerprint density at radius 1 is 1.43 bits per heavy atom. The molecule has 2 N–H and O–H groups in total. The van der Waals surface area contributed by atoms with Crippen LogP contribution in [0.1, 0.15) is 10.4 Å². The van der Waals surface area contributed by atoms with Crippen LogP contribution in [0, 0.1) is 0 Å². The minimum Gasteiger partial charge on any atom is -0.379 e. The lowest BCUT2D eigenvalue weighted by atomic mass is 10.2. The van der Waals surface area contributed by atoms with Gasteiger partial charge in [0, 0.05) is 38.9 Å². The smallest absolute Gasteiger partial charge is 0.253 e. The van der Waals surface area contributed by atoms with Gasteiger partial charge in [-0.15, -0.1) is 6.58 Å². The fourth-order valence-electron chi connectivity index (χ4n) is 2.07. The molecule has 1 aliphatic heterocycles. The van der Waals surface area contributed by atoms with Gasteiger partial charge in [0.1, 0.15) is 5.82 Å². The normalized spacial score (nSPS) is 15.4. The molecule has 6 nitrogen and oxygen atoms in total. The number of nitrogens with one attached hydrogen (secondary N) is 2. The third kappa shape index (κ3) is 5.17. The fourth-order valence-corrected chi connectivity index (χ4v) is 2.07. The summed E-state index contributed by atoms with van der Waals surface area (Å²) in [7, 11) is 0. The van der Waals surface area contributed by atoms with Crippen LogP contribution in [0.3, 0.4) is 0 Å². The van der Waals surface area contributed by atoms with E-state index in [1.807, 2.05) is 6.07 Å². The zero-order valence-electron chi connectivity index (χ0n) is 12.2. The number of morpholine rings is 1. The third-order valence-corrected chi connectivity index (χ3v) is 3.27. The predicted octanol–water partition coefficient (Wildman–Crippen LogP) is 0.741. The summed E-state index contributed by atoms with van der Waals surface area (Å²) in [5, 5.41) is 5.98. The molecule has 6 heteroatoms. The van der Waals surface area contributed by atoms with Crippen molar-refractivity contribution in [2.45, 2.75) is 0 Å².